The Bertz CT molecular complexity index is 395. The summed E-state index contributed by atoms with van der Waals surface area (Å²) in [4.78, 5) is 0. The maximum absolute atomic E-state index is 3.75. The van der Waals surface area contributed by atoms with E-state index in [0.29, 0.717) is 6.04 Å². The highest BCUT2D eigenvalue weighted by atomic mass is 14.9. The maximum Gasteiger partial charge on any atom is 0.0291 e. The summed E-state index contributed by atoms with van der Waals surface area (Å²) in [7, 11) is 0. The van der Waals surface area contributed by atoms with Crippen LogP contribution < -0.4 is 5.32 Å². The van der Waals surface area contributed by atoms with Crippen LogP contribution in [-0.2, 0) is 0 Å². The standard InChI is InChI=1S/C17H25N/c1-12-3-6-15(7-4-12)13(2)18-11-17-10-14-5-8-16(17)9-14/h3-4,6-7,13-14,16-18H,5,8-11H2,1-2H3/t13-,14?,16?,17?/m1/s1. The Hall–Kier alpha value is -0.820. The highest BCUT2D eigenvalue weighted by Crippen LogP contribution is 2.48. The van der Waals surface area contributed by atoms with E-state index in [1.807, 2.05) is 0 Å². The number of fused-ring (bicyclic) bond motifs is 2. The van der Waals surface area contributed by atoms with Crippen LogP contribution in [0.2, 0.25) is 0 Å². The lowest BCUT2D eigenvalue weighted by Gasteiger charge is -2.24. The second-order valence-electron chi connectivity index (χ2n) is 6.48. The lowest BCUT2D eigenvalue weighted by Crippen LogP contribution is -2.28. The third-order valence-electron chi connectivity index (χ3n) is 5.15. The predicted molar refractivity (Wildman–Crippen MR) is 76.5 cm³/mol. The molecule has 0 spiro atoms. The van der Waals surface area contributed by atoms with Gasteiger partial charge in [-0.2, -0.15) is 0 Å². The summed E-state index contributed by atoms with van der Waals surface area (Å²) in [5.74, 6) is 3.06. The largest absolute Gasteiger partial charge is 0.310 e. The van der Waals surface area contributed by atoms with Crippen molar-refractivity contribution in [3.63, 3.8) is 0 Å². The Labute approximate surface area is 111 Å². The number of hydrogen-bond donors (Lipinski definition) is 1. The van der Waals surface area contributed by atoms with E-state index in [1.54, 1.807) is 0 Å². The zero-order valence-corrected chi connectivity index (χ0v) is 11.7. The van der Waals surface area contributed by atoms with Gasteiger partial charge in [0.1, 0.15) is 0 Å². The van der Waals surface area contributed by atoms with Gasteiger partial charge in [0.25, 0.3) is 0 Å². The van der Waals surface area contributed by atoms with Gasteiger partial charge in [-0.15, -0.1) is 0 Å². The van der Waals surface area contributed by atoms with Crippen molar-refractivity contribution in [1.82, 2.24) is 5.32 Å². The van der Waals surface area contributed by atoms with E-state index in [1.165, 1.54) is 43.4 Å². The van der Waals surface area contributed by atoms with E-state index >= 15 is 0 Å². The zero-order valence-electron chi connectivity index (χ0n) is 11.7. The summed E-state index contributed by atoms with van der Waals surface area (Å²) in [5, 5.41) is 3.75. The molecule has 98 valence electrons. The van der Waals surface area contributed by atoms with Gasteiger partial charge in [-0.3, -0.25) is 0 Å². The molecule has 2 fully saturated rings. The van der Waals surface area contributed by atoms with Gasteiger partial charge < -0.3 is 5.32 Å². The first kappa shape index (κ1) is 12.2. The average molecular weight is 243 g/mol. The molecule has 0 amide bonds. The topological polar surface area (TPSA) is 12.0 Å². The molecule has 2 aliphatic carbocycles. The normalized spacial score (nSPS) is 31.8. The molecule has 1 N–H and O–H groups in total. The van der Waals surface area contributed by atoms with Gasteiger partial charge in [0, 0.05) is 6.04 Å². The van der Waals surface area contributed by atoms with Gasteiger partial charge in [0.05, 0.1) is 0 Å². The molecule has 2 aliphatic rings. The lowest BCUT2D eigenvalue weighted by molar-refractivity contribution is 0.309. The van der Waals surface area contributed by atoms with Crippen LogP contribution in [0.3, 0.4) is 0 Å². The van der Waals surface area contributed by atoms with E-state index in [-0.39, 0.29) is 0 Å². The minimum Gasteiger partial charge on any atom is -0.310 e. The molecule has 1 heteroatoms. The molecule has 2 bridgehead atoms. The molecular formula is C17H25N. The molecule has 4 atom stereocenters. The molecule has 0 saturated heterocycles. The maximum atomic E-state index is 3.75. The van der Waals surface area contributed by atoms with Crippen molar-refractivity contribution < 1.29 is 0 Å². The van der Waals surface area contributed by atoms with Crippen molar-refractivity contribution in [2.75, 3.05) is 6.54 Å². The van der Waals surface area contributed by atoms with Gasteiger partial charge in [-0.25, -0.2) is 0 Å². The molecule has 1 aromatic carbocycles. The second-order valence-corrected chi connectivity index (χ2v) is 6.48. The van der Waals surface area contributed by atoms with Crippen molar-refractivity contribution in [3.05, 3.63) is 35.4 Å². The molecular weight excluding hydrogens is 218 g/mol. The number of nitrogens with one attached hydrogen (secondary N) is 1. The first-order valence-corrected chi connectivity index (χ1v) is 7.52. The first-order valence-electron chi connectivity index (χ1n) is 7.52. The SMILES string of the molecule is Cc1ccc([C@@H](C)NCC2CC3CCC2C3)cc1. The van der Waals surface area contributed by atoms with Crippen LogP contribution in [0.1, 0.15) is 49.8 Å². The quantitative estimate of drug-likeness (QED) is 0.840. The molecule has 2 saturated carbocycles. The third kappa shape index (κ3) is 2.47. The Balaban J connectivity index is 1.52. The van der Waals surface area contributed by atoms with Crippen LogP contribution in [0, 0.1) is 24.7 Å². The van der Waals surface area contributed by atoms with Crippen molar-refractivity contribution >= 4 is 0 Å². The van der Waals surface area contributed by atoms with Crippen LogP contribution in [0.25, 0.3) is 0 Å². The highest BCUT2D eigenvalue weighted by Gasteiger charge is 2.39. The average Bonchev–Trinajstić information content (AvgIpc) is 2.99. The zero-order chi connectivity index (χ0) is 12.5. The van der Waals surface area contributed by atoms with Crippen LogP contribution in [0.15, 0.2) is 24.3 Å². The second kappa shape index (κ2) is 5.05. The third-order valence-corrected chi connectivity index (χ3v) is 5.15. The smallest absolute Gasteiger partial charge is 0.0291 e. The predicted octanol–water partition coefficient (Wildman–Crippen LogP) is 4.08. The van der Waals surface area contributed by atoms with Crippen molar-refractivity contribution in [2.24, 2.45) is 17.8 Å². The monoisotopic (exact) mass is 243 g/mol. The Morgan fingerprint density at radius 1 is 1.17 bits per heavy atom. The van der Waals surface area contributed by atoms with Crippen molar-refractivity contribution in [2.45, 2.75) is 45.6 Å². The van der Waals surface area contributed by atoms with Gasteiger partial charge >= 0.3 is 0 Å². The first-order chi connectivity index (χ1) is 8.72. The fourth-order valence-corrected chi connectivity index (χ4v) is 3.93. The number of aryl methyl sites for hydroxylation is 1. The van der Waals surface area contributed by atoms with Crippen LogP contribution in [0.5, 0.6) is 0 Å². The van der Waals surface area contributed by atoms with Gasteiger partial charge in [0.2, 0.25) is 0 Å². The Morgan fingerprint density at radius 2 is 1.94 bits per heavy atom. The van der Waals surface area contributed by atoms with E-state index in [2.05, 4.69) is 43.4 Å². The molecule has 1 nitrogen and oxygen atoms in total. The van der Waals surface area contributed by atoms with Crippen LogP contribution >= 0.6 is 0 Å². The fourth-order valence-electron chi connectivity index (χ4n) is 3.93. The molecule has 0 aliphatic heterocycles. The molecule has 0 heterocycles. The Morgan fingerprint density at radius 3 is 2.56 bits per heavy atom. The van der Waals surface area contributed by atoms with E-state index in [4.69, 9.17) is 0 Å². The van der Waals surface area contributed by atoms with Crippen molar-refractivity contribution in [3.8, 4) is 0 Å². The van der Waals surface area contributed by atoms with Crippen molar-refractivity contribution in [1.29, 1.82) is 0 Å². The van der Waals surface area contributed by atoms with Gasteiger partial charge in [0.15, 0.2) is 0 Å². The molecule has 1 aromatic rings. The number of benzene rings is 1. The molecule has 0 radical (unpaired) electrons. The molecule has 18 heavy (non-hydrogen) atoms. The highest BCUT2D eigenvalue weighted by molar-refractivity contribution is 5.23. The molecule has 3 rings (SSSR count). The minimum absolute atomic E-state index is 0.490. The summed E-state index contributed by atoms with van der Waals surface area (Å²) >= 11 is 0. The van der Waals surface area contributed by atoms with Crippen LogP contribution in [-0.4, -0.2) is 6.54 Å². The van der Waals surface area contributed by atoms with E-state index in [0.717, 1.165) is 17.8 Å². The van der Waals surface area contributed by atoms with Gasteiger partial charge in [-0.05, 0) is 63.0 Å². The summed E-state index contributed by atoms with van der Waals surface area (Å²) in [5.41, 5.74) is 2.77. The number of rotatable bonds is 4. The van der Waals surface area contributed by atoms with E-state index < -0.39 is 0 Å². The van der Waals surface area contributed by atoms with E-state index in [9.17, 15) is 0 Å². The molecule has 3 unspecified atom stereocenters. The summed E-state index contributed by atoms with van der Waals surface area (Å²) in [6.07, 6.45) is 6.01. The summed E-state index contributed by atoms with van der Waals surface area (Å²) in [6, 6.07) is 9.43. The molecule has 0 aromatic heterocycles. The summed E-state index contributed by atoms with van der Waals surface area (Å²) < 4.78 is 0. The lowest BCUT2D eigenvalue weighted by atomic mass is 9.88. The van der Waals surface area contributed by atoms with Crippen LogP contribution in [0.4, 0.5) is 0 Å². The van der Waals surface area contributed by atoms with Gasteiger partial charge in [-0.1, -0.05) is 36.2 Å². The number of hydrogen-bond acceptors (Lipinski definition) is 1. The fraction of sp³-hybridized carbons (Fsp3) is 0.647. The minimum atomic E-state index is 0.490. The summed E-state index contributed by atoms with van der Waals surface area (Å²) in [6.45, 7) is 5.66. The Kier molecular flexibility index (Phi) is 3.43.